The van der Waals surface area contributed by atoms with Gasteiger partial charge in [0.05, 0.1) is 11.6 Å². The minimum Gasteiger partial charge on any atom is -0.396 e. The van der Waals surface area contributed by atoms with Gasteiger partial charge < -0.3 is 20.6 Å². The highest BCUT2D eigenvalue weighted by Crippen LogP contribution is 2.38. The average Bonchev–Trinajstić information content (AvgIpc) is 3.00. The second-order valence-electron chi connectivity index (χ2n) is 5.79. The van der Waals surface area contributed by atoms with Gasteiger partial charge in [0, 0.05) is 37.3 Å². The zero-order valence-corrected chi connectivity index (χ0v) is 12.2. The van der Waals surface area contributed by atoms with Crippen molar-refractivity contribution in [3.8, 4) is 0 Å². The van der Waals surface area contributed by atoms with Gasteiger partial charge in [-0.2, -0.15) is 0 Å². The molecular weight excluding hydrogens is 297 g/mol. The number of fused-ring (bicyclic) bond motifs is 1. The first-order valence-corrected chi connectivity index (χ1v) is 7.24. The fraction of sp³-hybridized carbons (Fsp3) is 0.500. The van der Waals surface area contributed by atoms with Crippen molar-refractivity contribution in [2.45, 2.75) is 0 Å². The molecule has 7 heteroatoms. The molecule has 2 aliphatic heterocycles. The number of carbonyl (C=O) groups excluding carboxylic acids is 1. The molecule has 0 aromatic heterocycles. The molecule has 1 aromatic carbocycles. The largest absolute Gasteiger partial charge is 0.396 e. The van der Waals surface area contributed by atoms with Crippen molar-refractivity contribution in [1.29, 1.82) is 0 Å². The Morgan fingerprint density at radius 3 is 3.10 bits per heavy atom. The molecule has 114 valence electrons. The lowest BCUT2D eigenvalue weighted by atomic mass is 9.82. The number of amides is 2. The van der Waals surface area contributed by atoms with Gasteiger partial charge in [-0.25, -0.2) is 9.18 Å². The fourth-order valence-electron chi connectivity index (χ4n) is 3.18. The quantitative estimate of drug-likeness (QED) is 0.776. The second kappa shape index (κ2) is 5.44. The number of aliphatic hydroxyl groups excluding tert-OH is 1. The van der Waals surface area contributed by atoms with Crippen molar-refractivity contribution >= 4 is 23.3 Å². The van der Waals surface area contributed by atoms with Crippen molar-refractivity contribution in [1.82, 2.24) is 10.2 Å². The van der Waals surface area contributed by atoms with Gasteiger partial charge >= 0.3 is 6.03 Å². The van der Waals surface area contributed by atoms with E-state index in [1.165, 1.54) is 18.2 Å². The van der Waals surface area contributed by atoms with Crippen molar-refractivity contribution < 1.29 is 14.3 Å². The van der Waals surface area contributed by atoms with Crippen LogP contribution in [0.3, 0.4) is 0 Å². The third kappa shape index (κ3) is 2.59. The Morgan fingerprint density at radius 2 is 2.43 bits per heavy atom. The lowest BCUT2D eigenvalue weighted by Gasteiger charge is -2.25. The Balaban J connectivity index is 1.68. The highest BCUT2D eigenvalue weighted by Gasteiger charge is 2.50. The molecule has 0 spiro atoms. The molecule has 2 aliphatic rings. The van der Waals surface area contributed by atoms with Crippen LogP contribution in [-0.4, -0.2) is 48.8 Å². The molecule has 2 saturated heterocycles. The van der Waals surface area contributed by atoms with Crippen molar-refractivity contribution in [2.75, 3.05) is 38.1 Å². The number of carbonyl (C=O) groups is 1. The normalized spacial score (nSPS) is 27.8. The van der Waals surface area contributed by atoms with E-state index < -0.39 is 5.82 Å². The van der Waals surface area contributed by atoms with Crippen LogP contribution < -0.4 is 10.6 Å². The molecule has 3 N–H and O–H groups in total. The molecule has 2 fully saturated rings. The van der Waals surface area contributed by atoms with Gasteiger partial charge in [0.1, 0.15) is 5.82 Å². The van der Waals surface area contributed by atoms with Gasteiger partial charge in [-0.1, -0.05) is 11.6 Å². The Morgan fingerprint density at radius 1 is 1.62 bits per heavy atom. The molecular formula is C14H17ClFN3O2. The molecule has 0 aliphatic carbocycles. The number of aliphatic hydroxyl groups is 1. The molecule has 0 bridgehead atoms. The van der Waals surface area contributed by atoms with Crippen molar-refractivity contribution in [2.24, 2.45) is 11.3 Å². The third-order valence-corrected chi connectivity index (χ3v) is 4.74. The third-order valence-electron chi connectivity index (χ3n) is 4.45. The number of nitrogens with zero attached hydrogens (tertiary/aromatic N) is 1. The SMILES string of the molecule is O=C(Nc1ccc(F)c(Cl)c1)N1CC2CNCC2(CO)C1. The van der Waals surface area contributed by atoms with Gasteiger partial charge in [-0.05, 0) is 24.1 Å². The molecule has 3 rings (SSSR count). The summed E-state index contributed by atoms with van der Waals surface area (Å²) >= 11 is 5.70. The number of hydrogen-bond acceptors (Lipinski definition) is 3. The molecule has 2 atom stereocenters. The maximum absolute atomic E-state index is 13.1. The molecule has 0 radical (unpaired) electrons. The van der Waals surface area contributed by atoms with Crippen LogP contribution in [0.2, 0.25) is 5.02 Å². The molecule has 2 unspecified atom stereocenters. The number of likely N-dealkylation sites (tertiary alicyclic amines) is 1. The van der Waals surface area contributed by atoms with Crippen LogP contribution in [0.1, 0.15) is 0 Å². The van der Waals surface area contributed by atoms with E-state index in [9.17, 15) is 14.3 Å². The Hall–Kier alpha value is -1.37. The van der Waals surface area contributed by atoms with Gasteiger partial charge in [0.15, 0.2) is 0 Å². The van der Waals surface area contributed by atoms with Crippen LogP contribution in [0.15, 0.2) is 18.2 Å². The summed E-state index contributed by atoms with van der Waals surface area (Å²) in [6, 6.07) is 3.82. The molecule has 0 saturated carbocycles. The van der Waals surface area contributed by atoms with Crippen molar-refractivity contribution in [3.05, 3.63) is 29.0 Å². The first kappa shape index (κ1) is 14.6. The monoisotopic (exact) mass is 313 g/mol. The topological polar surface area (TPSA) is 64.6 Å². The first-order valence-electron chi connectivity index (χ1n) is 6.87. The van der Waals surface area contributed by atoms with E-state index in [-0.39, 0.29) is 29.0 Å². The fourth-order valence-corrected chi connectivity index (χ4v) is 3.36. The van der Waals surface area contributed by atoms with E-state index in [2.05, 4.69) is 10.6 Å². The van der Waals surface area contributed by atoms with Crippen LogP contribution in [0, 0.1) is 17.2 Å². The number of benzene rings is 1. The van der Waals surface area contributed by atoms with E-state index in [1.807, 2.05) is 0 Å². The number of urea groups is 1. The Bertz CT molecular complexity index is 571. The summed E-state index contributed by atoms with van der Waals surface area (Å²) in [6.45, 7) is 2.72. The summed E-state index contributed by atoms with van der Waals surface area (Å²) in [7, 11) is 0. The zero-order valence-electron chi connectivity index (χ0n) is 11.4. The lowest BCUT2D eigenvalue weighted by Crippen LogP contribution is -2.39. The Kier molecular flexibility index (Phi) is 3.77. The predicted molar refractivity (Wildman–Crippen MR) is 77.9 cm³/mol. The number of hydrogen-bond donors (Lipinski definition) is 3. The average molecular weight is 314 g/mol. The maximum Gasteiger partial charge on any atom is 0.321 e. The van der Waals surface area contributed by atoms with Crippen molar-refractivity contribution in [3.63, 3.8) is 0 Å². The summed E-state index contributed by atoms with van der Waals surface area (Å²) < 4.78 is 13.1. The van der Waals surface area contributed by atoms with E-state index in [1.54, 1.807) is 4.90 Å². The van der Waals surface area contributed by atoms with Gasteiger partial charge in [0.25, 0.3) is 0 Å². The second-order valence-corrected chi connectivity index (χ2v) is 6.20. The summed E-state index contributed by atoms with van der Waals surface area (Å²) in [5, 5.41) is 15.6. The number of rotatable bonds is 2. The molecule has 5 nitrogen and oxygen atoms in total. The summed E-state index contributed by atoms with van der Waals surface area (Å²) in [4.78, 5) is 14.0. The van der Waals surface area contributed by atoms with Crippen LogP contribution >= 0.6 is 11.6 Å². The number of nitrogens with one attached hydrogen (secondary N) is 2. The minimum atomic E-state index is -0.518. The molecule has 21 heavy (non-hydrogen) atoms. The summed E-state index contributed by atoms with van der Waals surface area (Å²) in [5.74, 6) is -0.249. The standard InChI is InChI=1S/C14H17ClFN3O2/c15-11-3-10(1-2-12(11)16)18-13(21)19-5-9-4-17-6-14(9,7-19)8-20/h1-3,9,17,20H,4-8H2,(H,18,21). The molecule has 1 aromatic rings. The van der Waals surface area contributed by atoms with Gasteiger partial charge in [0.2, 0.25) is 0 Å². The predicted octanol–water partition coefficient (Wildman–Crippen LogP) is 1.52. The molecule has 2 heterocycles. The van der Waals surface area contributed by atoms with Crippen LogP contribution in [0.4, 0.5) is 14.9 Å². The van der Waals surface area contributed by atoms with Crippen LogP contribution in [0.5, 0.6) is 0 Å². The van der Waals surface area contributed by atoms with E-state index >= 15 is 0 Å². The minimum absolute atomic E-state index is 0.0258. The zero-order chi connectivity index (χ0) is 15.0. The van der Waals surface area contributed by atoms with Gasteiger partial charge in [-0.15, -0.1) is 0 Å². The van der Waals surface area contributed by atoms with E-state index in [4.69, 9.17) is 11.6 Å². The highest BCUT2D eigenvalue weighted by molar-refractivity contribution is 6.31. The summed E-state index contributed by atoms with van der Waals surface area (Å²) in [6.07, 6.45) is 0. The lowest BCUT2D eigenvalue weighted by molar-refractivity contribution is 0.127. The van der Waals surface area contributed by atoms with E-state index in [0.717, 1.165) is 13.1 Å². The van der Waals surface area contributed by atoms with Gasteiger partial charge in [-0.3, -0.25) is 0 Å². The number of anilines is 1. The molecule has 2 amide bonds. The first-order chi connectivity index (χ1) is 10.0. The van der Waals surface area contributed by atoms with Crippen LogP contribution in [0.25, 0.3) is 0 Å². The summed E-state index contributed by atoms with van der Waals surface area (Å²) in [5.41, 5.74) is 0.220. The Labute approximate surface area is 127 Å². The van der Waals surface area contributed by atoms with E-state index in [0.29, 0.717) is 18.8 Å². The highest BCUT2D eigenvalue weighted by atomic mass is 35.5. The smallest absolute Gasteiger partial charge is 0.321 e. The van der Waals surface area contributed by atoms with Crippen LogP contribution in [-0.2, 0) is 0 Å². The number of halogens is 2. The maximum atomic E-state index is 13.1.